The van der Waals surface area contributed by atoms with Crippen LogP contribution in [0, 0.1) is 12.8 Å². The zero-order chi connectivity index (χ0) is 18.7. The number of amides is 2. The number of pyridine rings is 1. The highest BCUT2D eigenvalue weighted by Gasteiger charge is 2.34. The normalized spacial score (nSPS) is 19.8. The van der Waals surface area contributed by atoms with Gasteiger partial charge in [0.15, 0.2) is 0 Å². The summed E-state index contributed by atoms with van der Waals surface area (Å²) in [5.41, 5.74) is 8.90. The van der Waals surface area contributed by atoms with E-state index in [1.165, 1.54) is 6.20 Å². The first-order valence-corrected chi connectivity index (χ1v) is 8.83. The van der Waals surface area contributed by atoms with Crippen molar-refractivity contribution in [1.29, 1.82) is 0 Å². The van der Waals surface area contributed by atoms with Crippen LogP contribution in [0.1, 0.15) is 36.9 Å². The van der Waals surface area contributed by atoms with Gasteiger partial charge in [0.1, 0.15) is 0 Å². The first kappa shape index (κ1) is 17.9. The lowest BCUT2D eigenvalue weighted by molar-refractivity contribution is -0.146. The molecule has 0 radical (unpaired) electrons. The molecule has 2 aromatic rings. The molecule has 6 nitrogen and oxygen atoms in total. The Labute approximate surface area is 153 Å². The van der Waals surface area contributed by atoms with Crippen LogP contribution < -0.4 is 11.1 Å². The van der Waals surface area contributed by atoms with Gasteiger partial charge >= 0.3 is 11.8 Å². The molecule has 0 aliphatic carbocycles. The van der Waals surface area contributed by atoms with Gasteiger partial charge in [0.25, 0.3) is 0 Å². The average Bonchev–Trinajstić information content (AvgIpc) is 2.62. The number of aryl methyl sites for hydroxylation is 1. The third-order valence-corrected chi connectivity index (χ3v) is 4.73. The van der Waals surface area contributed by atoms with Crippen molar-refractivity contribution in [2.75, 3.05) is 17.6 Å². The number of nitrogens with one attached hydrogen (secondary N) is 1. The Kier molecular flexibility index (Phi) is 5.21. The van der Waals surface area contributed by atoms with Gasteiger partial charge in [0.2, 0.25) is 0 Å². The summed E-state index contributed by atoms with van der Waals surface area (Å²) in [6.07, 6.45) is 5.08. The predicted octanol–water partition coefficient (Wildman–Crippen LogP) is 2.91. The molecule has 1 aromatic heterocycles. The molecular formula is C20H24N4O2. The minimum Gasteiger partial charge on any atom is -0.399 e. The maximum absolute atomic E-state index is 12.9. The van der Waals surface area contributed by atoms with Crippen molar-refractivity contribution >= 4 is 23.2 Å². The number of likely N-dealkylation sites (tertiary alicyclic amines) is 1. The van der Waals surface area contributed by atoms with Crippen molar-refractivity contribution in [3.05, 3.63) is 53.9 Å². The number of carbonyl (C=O) groups is 2. The summed E-state index contributed by atoms with van der Waals surface area (Å²) < 4.78 is 0. The summed E-state index contributed by atoms with van der Waals surface area (Å²) in [6, 6.07) is 9.19. The lowest BCUT2D eigenvalue weighted by Gasteiger charge is -2.38. The molecule has 3 rings (SSSR count). The third-order valence-electron chi connectivity index (χ3n) is 4.73. The molecular weight excluding hydrogens is 328 g/mol. The molecule has 2 amide bonds. The van der Waals surface area contributed by atoms with Gasteiger partial charge in [0, 0.05) is 18.4 Å². The number of hydrogen-bond donors (Lipinski definition) is 2. The van der Waals surface area contributed by atoms with Crippen molar-refractivity contribution in [2.24, 2.45) is 5.92 Å². The molecule has 26 heavy (non-hydrogen) atoms. The minimum atomic E-state index is -0.632. The topological polar surface area (TPSA) is 88.3 Å². The van der Waals surface area contributed by atoms with Crippen molar-refractivity contribution in [3.63, 3.8) is 0 Å². The lowest BCUT2D eigenvalue weighted by Crippen LogP contribution is -2.46. The zero-order valence-corrected chi connectivity index (χ0v) is 15.1. The molecule has 1 saturated heterocycles. The Morgan fingerprint density at radius 1 is 1.19 bits per heavy atom. The van der Waals surface area contributed by atoms with Gasteiger partial charge in [-0.3, -0.25) is 14.6 Å². The predicted molar refractivity (Wildman–Crippen MR) is 101 cm³/mol. The van der Waals surface area contributed by atoms with E-state index in [0.29, 0.717) is 23.8 Å². The summed E-state index contributed by atoms with van der Waals surface area (Å²) in [5.74, 6) is -0.788. The number of hydrogen-bond acceptors (Lipinski definition) is 4. The van der Waals surface area contributed by atoms with Crippen LogP contribution in [0.3, 0.4) is 0 Å². The van der Waals surface area contributed by atoms with Crippen LogP contribution in [0.15, 0.2) is 42.7 Å². The van der Waals surface area contributed by atoms with E-state index in [0.717, 1.165) is 24.0 Å². The number of rotatable bonds is 2. The molecule has 0 unspecified atom stereocenters. The Balaban J connectivity index is 1.79. The average molecular weight is 352 g/mol. The Morgan fingerprint density at radius 3 is 2.62 bits per heavy atom. The van der Waals surface area contributed by atoms with Crippen LogP contribution in [0.2, 0.25) is 0 Å². The second-order valence-corrected chi connectivity index (χ2v) is 7.03. The van der Waals surface area contributed by atoms with Crippen molar-refractivity contribution in [3.8, 4) is 0 Å². The van der Waals surface area contributed by atoms with Gasteiger partial charge in [-0.2, -0.15) is 0 Å². The Morgan fingerprint density at radius 2 is 1.92 bits per heavy atom. The fraction of sp³-hybridized carbons (Fsp3) is 0.350. The number of aromatic nitrogens is 1. The lowest BCUT2D eigenvalue weighted by atomic mass is 9.89. The largest absolute Gasteiger partial charge is 0.399 e. The maximum Gasteiger partial charge on any atom is 0.313 e. The monoisotopic (exact) mass is 352 g/mol. The highest BCUT2D eigenvalue weighted by molar-refractivity contribution is 6.39. The van der Waals surface area contributed by atoms with Crippen molar-refractivity contribution in [2.45, 2.75) is 32.7 Å². The van der Waals surface area contributed by atoms with Crippen LogP contribution in [0.25, 0.3) is 0 Å². The fourth-order valence-corrected chi connectivity index (χ4v) is 3.38. The van der Waals surface area contributed by atoms with E-state index >= 15 is 0 Å². The van der Waals surface area contributed by atoms with Crippen LogP contribution in [-0.2, 0) is 9.59 Å². The molecule has 6 heteroatoms. The van der Waals surface area contributed by atoms with Gasteiger partial charge in [-0.15, -0.1) is 0 Å². The number of carbonyl (C=O) groups excluding carboxylic acids is 2. The smallest absolute Gasteiger partial charge is 0.313 e. The van der Waals surface area contributed by atoms with Crippen molar-refractivity contribution < 1.29 is 9.59 Å². The molecule has 2 heterocycles. The first-order chi connectivity index (χ1) is 12.4. The van der Waals surface area contributed by atoms with Crippen molar-refractivity contribution in [1.82, 2.24) is 9.88 Å². The van der Waals surface area contributed by atoms with E-state index in [-0.39, 0.29) is 6.04 Å². The first-order valence-electron chi connectivity index (χ1n) is 8.83. The molecule has 3 N–H and O–H groups in total. The number of benzene rings is 1. The molecule has 1 aliphatic rings. The van der Waals surface area contributed by atoms with Crippen LogP contribution >= 0.6 is 0 Å². The number of nitrogen functional groups attached to an aromatic ring is 1. The molecule has 1 fully saturated rings. The molecule has 136 valence electrons. The number of anilines is 2. The fourth-order valence-electron chi connectivity index (χ4n) is 3.38. The highest BCUT2D eigenvalue weighted by Crippen LogP contribution is 2.33. The summed E-state index contributed by atoms with van der Waals surface area (Å²) in [4.78, 5) is 31.1. The van der Waals surface area contributed by atoms with Crippen LogP contribution in [0.4, 0.5) is 11.4 Å². The maximum atomic E-state index is 12.9. The summed E-state index contributed by atoms with van der Waals surface area (Å²) in [5, 5.41) is 2.66. The molecule has 2 atom stereocenters. The van der Waals surface area contributed by atoms with Crippen LogP contribution in [0.5, 0.6) is 0 Å². The van der Waals surface area contributed by atoms with E-state index in [9.17, 15) is 9.59 Å². The molecule has 1 aliphatic heterocycles. The summed E-state index contributed by atoms with van der Waals surface area (Å²) >= 11 is 0. The standard InChI is InChI=1S/C20H24N4O2/c1-13-3-8-18(15-4-6-16(21)7-5-15)24(12-13)20(26)19(25)23-17-9-14(2)10-22-11-17/h4-7,9-11,13,18H,3,8,12,21H2,1-2H3,(H,23,25)/t13-,18+/m1/s1. The second kappa shape index (κ2) is 7.56. The van der Waals surface area contributed by atoms with E-state index in [4.69, 9.17) is 5.73 Å². The number of nitrogens with zero attached hydrogens (tertiary/aromatic N) is 2. The van der Waals surface area contributed by atoms with Crippen LogP contribution in [-0.4, -0.2) is 28.2 Å². The van der Waals surface area contributed by atoms with E-state index in [1.807, 2.05) is 31.2 Å². The zero-order valence-electron chi connectivity index (χ0n) is 15.1. The van der Waals surface area contributed by atoms with Gasteiger partial charge in [-0.05, 0) is 55.0 Å². The summed E-state index contributed by atoms with van der Waals surface area (Å²) in [6.45, 7) is 4.54. The van der Waals surface area contributed by atoms with E-state index in [1.54, 1.807) is 17.2 Å². The summed E-state index contributed by atoms with van der Waals surface area (Å²) in [7, 11) is 0. The molecule has 1 aromatic carbocycles. The Bertz CT molecular complexity index is 804. The number of piperidine rings is 1. The minimum absolute atomic E-state index is 0.110. The van der Waals surface area contributed by atoms with Gasteiger partial charge in [0.05, 0.1) is 17.9 Å². The Hall–Kier alpha value is -2.89. The molecule has 0 spiro atoms. The SMILES string of the molecule is Cc1cncc(NC(=O)C(=O)N2C[C@H](C)CC[C@H]2c2ccc(N)cc2)c1. The van der Waals surface area contributed by atoms with Gasteiger partial charge < -0.3 is 16.0 Å². The second-order valence-electron chi connectivity index (χ2n) is 7.03. The molecule has 0 bridgehead atoms. The molecule has 0 saturated carbocycles. The quantitative estimate of drug-likeness (QED) is 0.642. The third kappa shape index (κ3) is 4.02. The van der Waals surface area contributed by atoms with E-state index < -0.39 is 11.8 Å². The number of nitrogens with two attached hydrogens (primary N) is 1. The van der Waals surface area contributed by atoms with Gasteiger partial charge in [-0.25, -0.2) is 0 Å². The van der Waals surface area contributed by atoms with E-state index in [2.05, 4.69) is 17.2 Å². The van der Waals surface area contributed by atoms with Gasteiger partial charge in [-0.1, -0.05) is 19.1 Å². The highest BCUT2D eigenvalue weighted by atomic mass is 16.2.